The molecule has 2 rings (SSSR count). The van der Waals surface area contributed by atoms with E-state index in [0.29, 0.717) is 5.56 Å². The summed E-state index contributed by atoms with van der Waals surface area (Å²) in [5.74, 6) is -1.61. The lowest BCUT2D eigenvalue weighted by molar-refractivity contribution is -0.133. The summed E-state index contributed by atoms with van der Waals surface area (Å²) >= 11 is 0. The van der Waals surface area contributed by atoms with Crippen LogP contribution in [0.25, 0.3) is 0 Å². The summed E-state index contributed by atoms with van der Waals surface area (Å²) in [4.78, 5) is 22.0. The van der Waals surface area contributed by atoms with Crippen molar-refractivity contribution in [1.29, 1.82) is 0 Å². The van der Waals surface area contributed by atoms with Crippen molar-refractivity contribution in [2.75, 3.05) is 0 Å². The zero-order valence-corrected chi connectivity index (χ0v) is 8.61. The maximum Gasteiger partial charge on any atom is 0.352 e. The van der Waals surface area contributed by atoms with E-state index in [-0.39, 0.29) is 5.70 Å². The number of rotatable bonds is 2. The predicted octanol–water partition coefficient (Wildman–Crippen LogP) is 1.15. The number of nitrogens with one attached hydrogen (secondary N) is 2. The van der Waals surface area contributed by atoms with Crippen LogP contribution in [0.5, 0.6) is 0 Å². The second-order valence-electron chi connectivity index (χ2n) is 3.51. The molecule has 0 saturated carbocycles. The lowest BCUT2D eigenvalue weighted by Gasteiger charge is -2.22. The molecule has 0 bridgehead atoms. The lowest BCUT2D eigenvalue weighted by Crippen LogP contribution is -2.43. The summed E-state index contributed by atoms with van der Waals surface area (Å²) in [6.07, 6.45) is 1.36. The number of benzene rings is 1. The van der Waals surface area contributed by atoms with Gasteiger partial charge in [-0.1, -0.05) is 12.1 Å². The Labute approximate surface area is 95.9 Å². The largest absolute Gasteiger partial charge is 0.477 e. The Morgan fingerprint density at radius 1 is 1.29 bits per heavy atom. The number of carboxylic acids is 1. The Hall–Kier alpha value is -2.37. The summed E-state index contributed by atoms with van der Waals surface area (Å²) in [5, 5.41) is 13.5. The Morgan fingerprint density at radius 3 is 2.53 bits per heavy atom. The number of carbonyl (C=O) groups excluding carboxylic acids is 1. The summed E-state index contributed by atoms with van der Waals surface area (Å²) in [6, 6.07) is 4.30. The summed E-state index contributed by atoms with van der Waals surface area (Å²) in [7, 11) is 0. The Morgan fingerprint density at radius 2 is 1.94 bits per heavy atom. The third-order valence-electron chi connectivity index (χ3n) is 2.33. The Bertz CT molecular complexity index is 496. The molecule has 0 saturated heterocycles. The Balaban J connectivity index is 2.32. The van der Waals surface area contributed by atoms with Gasteiger partial charge in [0.2, 0.25) is 0 Å². The molecule has 0 unspecified atom stereocenters. The van der Waals surface area contributed by atoms with Gasteiger partial charge in [-0.05, 0) is 23.8 Å². The molecule has 0 radical (unpaired) electrons. The summed E-state index contributed by atoms with van der Waals surface area (Å²) in [5.41, 5.74) is 0.420. The minimum Gasteiger partial charge on any atom is -0.477 e. The standard InChI is InChI=1S/C11H9FN2O3/c12-7-3-1-6(2-4-7)8-5-9(10(15)16)14-11(17)13-8/h1-5,8H,(H,15,16)(H2,13,14,17)/t8-/m0/s1. The number of hydrogen-bond donors (Lipinski definition) is 3. The molecule has 6 heteroatoms. The highest BCUT2D eigenvalue weighted by Crippen LogP contribution is 2.18. The van der Waals surface area contributed by atoms with Gasteiger partial charge in [0.15, 0.2) is 0 Å². The van der Waals surface area contributed by atoms with Gasteiger partial charge >= 0.3 is 12.0 Å². The molecular weight excluding hydrogens is 227 g/mol. The smallest absolute Gasteiger partial charge is 0.352 e. The molecule has 5 nitrogen and oxygen atoms in total. The maximum atomic E-state index is 12.7. The van der Waals surface area contributed by atoms with E-state index in [1.165, 1.54) is 30.3 Å². The molecule has 1 aliphatic rings. The van der Waals surface area contributed by atoms with E-state index >= 15 is 0 Å². The van der Waals surface area contributed by atoms with E-state index in [4.69, 9.17) is 5.11 Å². The number of hydrogen-bond acceptors (Lipinski definition) is 2. The van der Waals surface area contributed by atoms with Gasteiger partial charge in [0.05, 0.1) is 6.04 Å². The molecule has 1 atom stereocenters. The van der Waals surface area contributed by atoms with Crippen molar-refractivity contribution in [3.8, 4) is 0 Å². The minimum atomic E-state index is -1.22. The van der Waals surface area contributed by atoms with E-state index in [0.717, 1.165) is 0 Å². The summed E-state index contributed by atoms with van der Waals surface area (Å²) < 4.78 is 12.7. The number of halogens is 1. The molecule has 3 N–H and O–H groups in total. The van der Waals surface area contributed by atoms with E-state index < -0.39 is 23.9 Å². The molecule has 0 spiro atoms. The number of urea groups is 1. The van der Waals surface area contributed by atoms with Crippen molar-refractivity contribution in [3.63, 3.8) is 0 Å². The maximum absolute atomic E-state index is 12.7. The van der Waals surface area contributed by atoms with Crippen LogP contribution >= 0.6 is 0 Å². The first-order chi connectivity index (χ1) is 8.06. The third-order valence-corrected chi connectivity index (χ3v) is 2.33. The van der Waals surface area contributed by atoms with E-state index in [2.05, 4.69) is 10.6 Å². The molecule has 0 aliphatic carbocycles. The van der Waals surface area contributed by atoms with E-state index in [1.54, 1.807) is 0 Å². The fraction of sp³-hybridized carbons (Fsp3) is 0.0909. The van der Waals surface area contributed by atoms with Gasteiger partial charge < -0.3 is 15.7 Å². The molecule has 0 aromatic heterocycles. The molecule has 88 valence electrons. The summed E-state index contributed by atoms with van der Waals surface area (Å²) in [6.45, 7) is 0. The molecule has 1 aromatic carbocycles. The van der Waals surface area contributed by atoms with Crippen LogP contribution in [0.4, 0.5) is 9.18 Å². The first-order valence-electron chi connectivity index (χ1n) is 4.84. The van der Waals surface area contributed by atoms with Crippen molar-refractivity contribution in [1.82, 2.24) is 10.6 Å². The highest BCUT2D eigenvalue weighted by Gasteiger charge is 2.22. The minimum absolute atomic E-state index is 0.192. The average Bonchev–Trinajstić information content (AvgIpc) is 2.29. The number of carbonyl (C=O) groups is 2. The van der Waals surface area contributed by atoms with Crippen LogP contribution in [0.15, 0.2) is 36.0 Å². The predicted molar refractivity (Wildman–Crippen MR) is 56.5 cm³/mol. The van der Waals surface area contributed by atoms with Crippen molar-refractivity contribution < 1.29 is 19.1 Å². The quantitative estimate of drug-likeness (QED) is 0.720. The lowest BCUT2D eigenvalue weighted by atomic mass is 10.0. The Kier molecular flexibility index (Phi) is 2.78. The van der Waals surface area contributed by atoms with Crippen LogP contribution in [0, 0.1) is 5.82 Å². The fourth-order valence-corrected chi connectivity index (χ4v) is 1.52. The SMILES string of the molecule is O=C1NC(C(=O)O)=C[C@@H](c2ccc(F)cc2)N1. The highest BCUT2D eigenvalue weighted by molar-refractivity contribution is 5.93. The number of carboxylic acid groups (broad SMARTS) is 1. The van der Waals surface area contributed by atoms with E-state index in [9.17, 15) is 14.0 Å². The van der Waals surface area contributed by atoms with Crippen LogP contribution in [0.3, 0.4) is 0 Å². The molecule has 1 aliphatic heterocycles. The second kappa shape index (κ2) is 4.25. The molecule has 1 heterocycles. The van der Waals surface area contributed by atoms with Crippen molar-refractivity contribution in [2.24, 2.45) is 0 Å². The molecule has 0 fully saturated rings. The van der Waals surface area contributed by atoms with Gasteiger partial charge in [-0.2, -0.15) is 0 Å². The van der Waals surface area contributed by atoms with Gasteiger partial charge in [-0.25, -0.2) is 14.0 Å². The number of amides is 2. The van der Waals surface area contributed by atoms with Crippen molar-refractivity contribution in [2.45, 2.75) is 6.04 Å². The van der Waals surface area contributed by atoms with Crippen LogP contribution in [0.1, 0.15) is 11.6 Å². The zero-order valence-electron chi connectivity index (χ0n) is 8.61. The average molecular weight is 236 g/mol. The normalized spacial score (nSPS) is 19.0. The fourth-order valence-electron chi connectivity index (χ4n) is 1.52. The highest BCUT2D eigenvalue weighted by atomic mass is 19.1. The van der Waals surface area contributed by atoms with Crippen LogP contribution in [-0.2, 0) is 4.79 Å². The van der Waals surface area contributed by atoms with Gasteiger partial charge in [0.1, 0.15) is 11.5 Å². The number of aliphatic carboxylic acids is 1. The van der Waals surface area contributed by atoms with Crippen LogP contribution in [-0.4, -0.2) is 17.1 Å². The van der Waals surface area contributed by atoms with Gasteiger partial charge in [-0.15, -0.1) is 0 Å². The molecule has 1 aromatic rings. The first kappa shape index (κ1) is 11.1. The van der Waals surface area contributed by atoms with Crippen LogP contribution < -0.4 is 10.6 Å². The van der Waals surface area contributed by atoms with E-state index in [1.807, 2.05) is 0 Å². The van der Waals surface area contributed by atoms with Gasteiger partial charge in [0, 0.05) is 0 Å². The van der Waals surface area contributed by atoms with Crippen molar-refractivity contribution >= 4 is 12.0 Å². The third kappa shape index (κ3) is 2.41. The molecule has 17 heavy (non-hydrogen) atoms. The van der Waals surface area contributed by atoms with Gasteiger partial charge in [0.25, 0.3) is 0 Å². The second-order valence-corrected chi connectivity index (χ2v) is 3.51. The van der Waals surface area contributed by atoms with Gasteiger partial charge in [-0.3, -0.25) is 0 Å². The van der Waals surface area contributed by atoms with Crippen molar-refractivity contribution in [3.05, 3.63) is 47.4 Å². The first-order valence-corrected chi connectivity index (χ1v) is 4.84. The molecular formula is C11H9FN2O3. The monoisotopic (exact) mass is 236 g/mol. The van der Waals surface area contributed by atoms with Crippen LogP contribution in [0.2, 0.25) is 0 Å². The zero-order chi connectivity index (χ0) is 12.4. The molecule has 2 amide bonds. The topological polar surface area (TPSA) is 78.4 Å².